The van der Waals surface area contributed by atoms with Gasteiger partial charge in [0.1, 0.15) is 5.75 Å². The van der Waals surface area contributed by atoms with E-state index in [9.17, 15) is 9.59 Å². The first-order valence-electron chi connectivity index (χ1n) is 8.40. The molecule has 0 aliphatic heterocycles. The summed E-state index contributed by atoms with van der Waals surface area (Å²) in [6, 6.07) is 7.58. The number of ether oxygens (including phenoxy) is 1. The second-order valence-corrected chi connectivity index (χ2v) is 6.06. The van der Waals surface area contributed by atoms with Crippen LogP contribution in [0, 0.1) is 12.3 Å². The molecule has 1 aromatic rings. The van der Waals surface area contributed by atoms with Crippen LogP contribution in [0.15, 0.2) is 24.3 Å². The van der Waals surface area contributed by atoms with E-state index in [0.717, 1.165) is 18.6 Å². The van der Waals surface area contributed by atoms with Gasteiger partial charge in [0.25, 0.3) is 0 Å². The summed E-state index contributed by atoms with van der Waals surface area (Å²) in [5.41, 5.74) is 1.18. The summed E-state index contributed by atoms with van der Waals surface area (Å²) in [6.45, 7) is 5.96. The number of carbonyl (C=O) groups excluding carboxylic acids is 2. The molecule has 0 radical (unpaired) electrons. The summed E-state index contributed by atoms with van der Waals surface area (Å²) in [5, 5.41) is 7.78. The van der Waals surface area contributed by atoms with Gasteiger partial charge in [0.05, 0.1) is 19.2 Å². The maximum atomic E-state index is 11.7. The van der Waals surface area contributed by atoms with Gasteiger partial charge >= 0.3 is 6.03 Å². The van der Waals surface area contributed by atoms with Crippen molar-refractivity contribution in [1.82, 2.24) is 16.0 Å². The molecule has 1 rings (SSSR count). The van der Waals surface area contributed by atoms with Crippen LogP contribution in [0.3, 0.4) is 0 Å². The number of hydrogen-bond acceptors (Lipinski definition) is 3. The third-order valence-electron chi connectivity index (χ3n) is 3.34. The Bertz CT molecular complexity index is 591. The molecule has 0 bridgehead atoms. The van der Waals surface area contributed by atoms with Crippen molar-refractivity contribution in [3.05, 3.63) is 29.8 Å². The fourth-order valence-electron chi connectivity index (χ4n) is 2.11. The number of benzene rings is 1. The summed E-state index contributed by atoms with van der Waals surface area (Å²) in [6.07, 6.45) is 6.82. The lowest BCUT2D eigenvalue weighted by Gasteiger charge is -2.15. The predicted molar refractivity (Wildman–Crippen MR) is 98.4 cm³/mol. The molecule has 0 saturated carbocycles. The highest BCUT2D eigenvalue weighted by atomic mass is 16.5. The van der Waals surface area contributed by atoms with Gasteiger partial charge in [-0.2, -0.15) is 0 Å². The molecule has 3 amide bonds. The van der Waals surface area contributed by atoms with Crippen LogP contribution in [0.4, 0.5) is 4.79 Å². The van der Waals surface area contributed by atoms with Gasteiger partial charge in [0.2, 0.25) is 5.91 Å². The van der Waals surface area contributed by atoms with Crippen molar-refractivity contribution in [1.29, 1.82) is 0 Å². The fourth-order valence-corrected chi connectivity index (χ4v) is 2.11. The van der Waals surface area contributed by atoms with E-state index in [2.05, 4.69) is 21.9 Å². The van der Waals surface area contributed by atoms with E-state index in [1.165, 1.54) is 5.56 Å². The molecule has 0 heterocycles. The first-order valence-corrected chi connectivity index (χ1v) is 8.40. The van der Waals surface area contributed by atoms with Crippen molar-refractivity contribution in [2.75, 3.05) is 13.1 Å². The van der Waals surface area contributed by atoms with E-state index in [0.29, 0.717) is 0 Å². The number of terminal acetylenes is 1. The monoisotopic (exact) mass is 345 g/mol. The third-order valence-corrected chi connectivity index (χ3v) is 3.34. The second kappa shape index (κ2) is 11.0. The van der Waals surface area contributed by atoms with E-state index in [1.807, 2.05) is 45.0 Å². The molecule has 6 nitrogen and oxygen atoms in total. The maximum absolute atomic E-state index is 11.7. The average molecular weight is 345 g/mol. The van der Waals surface area contributed by atoms with Crippen LogP contribution in [0.1, 0.15) is 32.8 Å². The van der Waals surface area contributed by atoms with Crippen molar-refractivity contribution < 1.29 is 14.3 Å². The quantitative estimate of drug-likeness (QED) is 0.598. The molecule has 0 unspecified atom stereocenters. The first kappa shape index (κ1) is 20.4. The molecule has 1 aromatic carbocycles. The maximum Gasteiger partial charge on any atom is 0.315 e. The third kappa shape index (κ3) is 9.26. The molecule has 1 atom stereocenters. The van der Waals surface area contributed by atoms with Crippen molar-refractivity contribution in [3.63, 3.8) is 0 Å². The number of rotatable bonds is 9. The fraction of sp³-hybridized carbons (Fsp3) is 0.474. The Kier molecular flexibility index (Phi) is 8.94. The molecule has 0 spiro atoms. The minimum absolute atomic E-state index is 0.0136. The number of urea groups is 1. The standard InChI is InChI=1S/C19H27N3O3/c1-5-12-20-18(23)13-21-19(24)22-15(4)6-7-16-8-10-17(11-9-16)25-14(2)3/h1,8-11,14-15H,6-7,12-13H2,2-4H3,(H,20,23)(H2,21,22,24)/t15-/m0/s1. The minimum atomic E-state index is -0.371. The summed E-state index contributed by atoms with van der Waals surface area (Å²) in [4.78, 5) is 23.1. The molecular weight excluding hydrogens is 318 g/mol. The SMILES string of the molecule is C#CCNC(=O)CNC(=O)N[C@@H](C)CCc1ccc(OC(C)C)cc1. The number of aryl methyl sites for hydroxylation is 1. The van der Waals surface area contributed by atoms with E-state index < -0.39 is 0 Å². The van der Waals surface area contributed by atoms with Gasteiger partial charge < -0.3 is 20.7 Å². The van der Waals surface area contributed by atoms with E-state index in [1.54, 1.807) is 0 Å². The molecule has 0 aliphatic rings. The molecule has 136 valence electrons. The summed E-state index contributed by atoms with van der Waals surface area (Å²) in [5.74, 6) is 2.83. The lowest BCUT2D eigenvalue weighted by molar-refractivity contribution is -0.119. The Morgan fingerprint density at radius 2 is 1.84 bits per heavy atom. The number of nitrogens with one attached hydrogen (secondary N) is 3. The molecule has 25 heavy (non-hydrogen) atoms. The Labute approximate surface area is 149 Å². The topological polar surface area (TPSA) is 79.5 Å². The Hall–Kier alpha value is -2.68. The minimum Gasteiger partial charge on any atom is -0.491 e. The molecule has 6 heteroatoms. The molecule has 0 aromatic heterocycles. The van der Waals surface area contributed by atoms with Gasteiger partial charge in [-0.05, 0) is 51.3 Å². The molecule has 0 fully saturated rings. The largest absolute Gasteiger partial charge is 0.491 e. The van der Waals surface area contributed by atoms with Crippen LogP contribution in [0.25, 0.3) is 0 Å². The van der Waals surface area contributed by atoms with Crippen LogP contribution in [0.2, 0.25) is 0 Å². The van der Waals surface area contributed by atoms with E-state index in [4.69, 9.17) is 11.2 Å². The van der Waals surface area contributed by atoms with Gasteiger partial charge in [-0.1, -0.05) is 18.1 Å². The normalized spacial score (nSPS) is 11.3. The van der Waals surface area contributed by atoms with Crippen molar-refractivity contribution in [2.24, 2.45) is 0 Å². The number of amides is 3. The number of carbonyl (C=O) groups is 2. The molecule has 0 aliphatic carbocycles. The second-order valence-electron chi connectivity index (χ2n) is 6.06. The van der Waals surface area contributed by atoms with Gasteiger partial charge in [-0.15, -0.1) is 6.42 Å². The highest BCUT2D eigenvalue weighted by molar-refractivity contribution is 5.84. The lowest BCUT2D eigenvalue weighted by Crippen LogP contribution is -2.45. The van der Waals surface area contributed by atoms with Gasteiger partial charge in [-0.3, -0.25) is 4.79 Å². The van der Waals surface area contributed by atoms with Crippen LogP contribution in [0.5, 0.6) is 5.75 Å². The van der Waals surface area contributed by atoms with E-state index >= 15 is 0 Å². The summed E-state index contributed by atoms with van der Waals surface area (Å²) in [7, 11) is 0. The zero-order chi connectivity index (χ0) is 18.7. The summed E-state index contributed by atoms with van der Waals surface area (Å²) < 4.78 is 5.61. The zero-order valence-corrected chi connectivity index (χ0v) is 15.1. The van der Waals surface area contributed by atoms with Gasteiger partial charge in [0, 0.05) is 6.04 Å². The van der Waals surface area contributed by atoms with Gasteiger partial charge in [-0.25, -0.2) is 4.79 Å². The Morgan fingerprint density at radius 3 is 2.44 bits per heavy atom. The Balaban J connectivity index is 2.27. The van der Waals surface area contributed by atoms with Crippen molar-refractivity contribution in [3.8, 4) is 18.1 Å². The molecule has 3 N–H and O–H groups in total. The average Bonchev–Trinajstić information content (AvgIpc) is 2.57. The van der Waals surface area contributed by atoms with Crippen molar-refractivity contribution in [2.45, 2.75) is 45.8 Å². The first-order chi connectivity index (χ1) is 11.9. The van der Waals surface area contributed by atoms with Crippen LogP contribution < -0.4 is 20.7 Å². The summed E-state index contributed by atoms with van der Waals surface area (Å²) >= 11 is 0. The zero-order valence-electron chi connectivity index (χ0n) is 15.1. The Morgan fingerprint density at radius 1 is 1.16 bits per heavy atom. The highest BCUT2D eigenvalue weighted by Crippen LogP contribution is 2.15. The van der Waals surface area contributed by atoms with E-state index in [-0.39, 0.29) is 37.2 Å². The molecule has 0 saturated heterocycles. The highest BCUT2D eigenvalue weighted by Gasteiger charge is 2.09. The van der Waals surface area contributed by atoms with Crippen LogP contribution in [-0.4, -0.2) is 37.2 Å². The predicted octanol–water partition coefficient (Wildman–Crippen LogP) is 1.84. The van der Waals surface area contributed by atoms with Crippen molar-refractivity contribution >= 4 is 11.9 Å². The smallest absolute Gasteiger partial charge is 0.315 e. The van der Waals surface area contributed by atoms with Crippen LogP contribution >= 0.6 is 0 Å². The molecular formula is C19H27N3O3. The van der Waals surface area contributed by atoms with Gasteiger partial charge in [0.15, 0.2) is 0 Å². The lowest BCUT2D eigenvalue weighted by atomic mass is 10.1. The number of hydrogen-bond donors (Lipinski definition) is 3. The van der Waals surface area contributed by atoms with Crippen LogP contribution in [-0.2, 0) is 11.2 Å².